The largest absolute Gasteiger partial charge is 0.344 e. The molecule has 1 aliphatic rings. The standard InChI is InChI=1S/C11H14ClN3O/c1-15-10(9(12)7-13-15)11(16)14-8-5-3-2-4-6-8/h3,5,7-8H,2,4,6H2,1H3,(H,14,16). The summed E-state index contributed by atoms with van der Waals surface area (Å²) in [6, 6.07) is 0.118. The summed E-state index contributed by atoms with van der Waals surface area (Å²) in [5.74, 6) is -0.165. The highest BCUT2D eigenvalue weighted by Crippen LogP contribution is 2.15. The number of halogens is 1. The Labute approximate surface area is 99.3 Å². The number of hydrogen-bond donors (Lipinski definition) is 1. The van der Waals surface area contributed by atoms with E-state index in [9.17, 15) is 4.79 Å². The van der Waals surface area contributed by atoms with E-state index >= 15 is 0 Å². The van der Waals surface area contributed by atoms with E-state index in [4.69, 9.17) is 11.6 Å². The van der Waals surface area contributed by atoms with Crippen molar-refractivity contribution in [1.29, 1.82) is 0 Å². The summed E-state index contributed by atoms with van der Waals surface area (Å²) in [5, 5.41) is 7.26. The molecule has 16 heavy (non-hydrogen) atoms. The molecule has 4 nitrogen and oxygen atoms in total. The molecular weight excluding hydrogens is 226 g/mol. The van der Waals surface area contributed by atoms with Crippen LogP contribution in [0.1, 0.15) is 29.8 Å². The van der Waals surface area contributed by atoms with Crippen LogP contribution in [0.2, 0.25) is 5.02 Å². The highest BCUT2D eigenvalue weighted by atomic mass is 35.5. The van der Waals surface area contributed by atoms with Crippen molar-refractivity contribution < 1.29 is 4.79 Å². The number of amides is 1. The van der Waals surface area contributed by atoms with Crippen LogP contribution in [0.4, 0.5) is 0 Å². The maximum absolute atomic E-state index is 11.9. The SMILES string of the molecule is Cn1ncc(Cl)c1C(=O)NC1C=CCCC1. The second-order valence-corrected chi connectivity index (χ2v) is 4.31. The van der Waals surface area contributed by atoms with Crippen LogP contribution < -0.4 is 5.32 Å². The van der Waals surface area contributed by atoms with Gasteiger partial charge in [-0.1, -0.05) is 23.8 Å². The molecule has 0 saturated heterocycles. The summed E-state index contributed by atoms with van der Waals surface area (Å²) in [6.45, 7) is 0. The normalized spacial score (nSPS) is 19.8. The van der Waals surface area contributed by atoms with Crippen LogP contribution in [0.25, 0.3) is 0 Å². The van der Waals surface area contributed by atoms with Gasteiger partial charge in [0.15, 0.2) is 0 Å². The van der Waals surface area contributed by atoms with E-state index in [2.05, 4.69) is 16.5 Å². The van der Waals surface area contributed by atoms with Crippen molar-refractivity contribution in [2.24, 2.45) is 7.05 Å². The molecular formula is C11H14ClN3O. The van der Waals surface area contributed by atoms with Crippen molar-refractivity contribution in [1.82, 2.24) is 15.1 Å². The Morgan fingerprint density at radius 2 is 2.50 bits per heavy atom. The fourth-order valence-electron chi connectivity index (χ4n) is 1.84. The lowest BCUT2D eigenvalue weighted by atomic mass is 10.0. The van der Waals surface area contributed by atoms with Gasteiger partial charge in [0.25, 0.3) is 5.91 Å². The first-order valence-corrected chi connectivity index (χ1v) is 5.71. The highest BCUT2D eigenvalue weighted by molar-refractivity contribution is 6.33. The van der Waals surface area contributed by atoms with Gasteiger partial charge in [0.1, 0.15) is 5.69 Å². The minimum Gasteiger partial charge on any atom is -0.344 e. The van der Waals surface area contributed by atoms with E-state index in [0.29, 0.717) is 10.7 Å². The van der Waals surface area contributed by atoms with Gasteiger partial charge in [0, 0.05) is 13.1 Å². The van der Waals surface area contributed by atoms with Crippen molar-refractivity contribution in [3.8, 4) is 0 Å². The van der Waals surface area contributed by atoms with Crippen molar-refractivity contribution in [3.63, 3.8) is 0 Å². The summed E-state index contributed by atoms with van der Waals surface area (Å²) in [7, 11) is 1.71. The van der Waals surface area contributed by atoms with E-state index in [1.54, 1.807) is 7.05 Å². The molecule has 86 valence electrons. The number of aromatic nitrogens is 2. The van der Waals surface area contributed by atoms with Crippen LogP contribution in [0.5, 0.6) is 0 Å². The third-order valence-electron chi connectivity index (χ3n) is 2.68. The third kappa shape index (κ3) is 2.27. The predicted molar refractivity (Wildman–Crippen MR) is 62.5 cm³/mol. The molecule has 2 rings (SSSR count). The van der Waals surface area contributed by atoms with Crippen LogP contribution in [0, 0.1) is 0 Å². The molecule has 0 radical (unpaired) electrons. The Bertz CT molecular complexity index is 405. The lowest BCUT2D eigenvalue weighted by Gasteiger charge is -2.17. The Balaban J connectivity index is 2.08. The summed E-state index contributed by atoms with van der Waals surface area (Å²) >= 11 is 5.90. The van der Waals surface area contributed by atoms with E-state index in [1.807, 2.05) is 6.08 Å². The minimum absolute atomic E-state index is 0.118. The molecule has 0 aliphatic heterocycles. The first-order valence-electron chi connectivity index (χ1n) is 5.33. The van der Waals surface area contributed by atoms with Gasteiger partial charge in [0.05, 0.1) is 11.2 Å². The van der Waals surface area contributed by atoms with Crippen molar-refractivity contribution in [2.75, 3.05) is 0 Å². The van der Waals surface area contributed by atoms with Gasteiger partial charge in [0.2, 0.25) is 0 Å². The molecule has 0 fully saturated rings. The number of carbonyl (C=O) groups excluding carboxylic acids is 1. The second kappa shape index (κ2) is 4.70. The average Bonchev–Trinajstić information content (AvgIpc) is 2.60. The van der Waals surface area contributed by atoms with Gasteiger partial charge in [-0.25, -0.2) is 0 Å². The van der Waals surface area contributed by atoms with E-state index in [0.717, 1.165) is 19.3 Å². The minimum atomic E-state index is -0.165. The summed E-state index contributed by atoms with van der Waals surface area (Å²) in [6.07, 6.45) is 8.80. The van der Waals surface area contributed by atoms with Crippen LogP contribution >= 0.6 is 11.6 Å². The van der Waals surface area contributed by atoms with Gasteiger partial charge < -0.3 is 5.32 Å². The molecule has 0 spiro atoms. The molecule has 0 bridgehead atoms. The number of hydrogen-bond acceptors (Lipinski definition) is 2. The number of nitrogens with one attached hydrogen (secondary N) is 1. The molecule has 1 unspecified atom stereocenters. The van der Waals surface area contributed by atoms with Crippen LogP contribution in [0.15, 0.2) is 18.3 Å². The lowest BCUT2D eigenvalue weighted by molar-refractivity contribution is 0.0932. The molecule has 0 saturated carbocycles. The van der Waals surface area contributed by atoms with Crippen LogP contribution in [0.3, 0.4) is 0 Å². The highest BCUT2D eigenvalue weighted by Gasteiger charge is 2.18. The maximum atomic E-state index is 11.9. The number of carbonyl (C=O) groups is 1. The van der Waals surface area contributed by atoms with E-state index in [1.165, 1.54) is 10.9 Å². The smallest absolute Gasteiger partial charge is 0.271 e. The zero-order valence-corrected chi connectivity index (χ0v) is 9.87. The Morgan fingerprint density at radius 1 is 1.69 bits per heavy atom. The molecule has 1 aromatic heterocycles. The molecule has 1 heterocycles. The topological polar surface area (TPSA) is 46.9 Å². The van der Waals surface area contributed by atoms with Crippen molar-refractivity contribution in [2.45, 2.75) is 25.3 Å². The molecule has 1 aliphatic carbocycles. The van der Waals surface area contributed by atoms with Crippen molar-refractivity contribution >= 4 is 17.5 Å². The van der Waals surface area contributed by atoms with Gasteiger partial charge in [-0.05, 0) is 19.3 Å². The predicted octanol–water partition coefficient (Wildman–Crippen LogP) is 1.91. The van der Waals surface area contributed by atoms with Gasteiger partial charge in [-0.3, -0.25) is 9.48 Å². The van der Waals surface area contributed by atoms with E-state index in [-0.39, 0.29) is 11.9 Å². The number of allylic oxidation sites excluding steroid dienone is 1. The molecule has 1 aromatic rings. The molecule has 1 N–H and O–H groups in total. The Hall–Kier alpha value is -1.29. The first-order chi connectivity index (χ1) is 7.68. The average molecular weight is 240 g/mol. The molecule has 5 heteroatoms. The Kier molecular flexibility index (Phi) is 3.29. The zero-order valence-electron chi connectivity index (χ0n) is 9.11. The van der Waals surface area contributed by atoms with Gasteiger partial charge >= 0.3 is 0 Å². The monoisotopic (exact) mass is 239 g/mol. The summed E-state index contributed by atoms with van der Waals surface area (Å²) < 4.78 is 1.49. The fourth-order valence-corrected chi connectivity index (χ4v) is 2.09. The van der Waals surface area contributed by atoms with Gasteiger partial charge in [-0.15, -0.1) is 0 Å². The number of rotatable bonds is 2. The van der Waals surface area contributed by atoms with Crippen molar-refractivity contribution in [3.05, 3.63) is 29.1 Å². The molecule has 1 atom stereocenters. The summed E-state index contributed by atoms with van der Waals surface area (Å²) in [5.41, 5.74) is 0.417. The second-order valence-electron chi connectivity index (χ2n) is 3.90. The van der Waals surface area contributed by atoms with Gasteiger partial charge in [-0.2, -0.15) is 5.10 Å². The maximum Gasteiger partial charge on any atom is 0.271 e. The lowest BCUT2D eigenvalue weighted by Crippen LogP contribution is -2.35. The van der Waals surface area contributed by atoms with Crippen LogP contribution in [-0.2, 0) is 7.05 Å². The zero-order chi connectivity index (χ0) is 11.5. The molecule has 1 amide bonds. The molecule has 0 aromatic carbocycles. The number of nitrogens with zero attached hydrogens (tertiary/aromatic N) is 2. The summed E-state index contributed by atoms with van der Waals surface area (Å²) in [4.78, 5) is 11.9. The fraction of sp³-hybridized carbons (Fsp3) is 0.455. The van der Waals surface area contributed by atoms with E-state index < -0.39 is 0 Å². The number of aryl methyl sites for hydroxylation is 1. The first kappa shape index (κ1) is 11.2. The Morgan fingerprint density at radius 3 is 3.06 bits per heavy atom. The third-order valence-corrected chi connectivity index (χ3v) is 2.96. The quantitative estimate of drug-likeness (QED) is 0.802. The van der Waals surface area contributed by atoms with Crippen LogP contribution in [-0.4, -0.2) is 21.7 Å².